The largest absolute Gasteiger partial charge is 0.374 e. The van der Waals surface area contributed by atoms with Crippen molar-refractivity contribution in [1.29, 1.82) is 0 Å². The van der Waals surface area contributed by atoms with Crippen LogP contribution in [0, 0.1) is 0 Å². The summed E-state index contributed by atoms with van der Waals surface area (Å²) < 4.78 is 5.71. The fourth-order valence-corrected chi connectivity index (χ4v) is 1.85. The quantitative estimate of drug-likeness (QED) is 0.879. The summed E-state index contributed by atoms with van der Waals surface area (Å²) in [5.74, 6) is -0.280. The van der Waals surface area contributed by atoms with Crippen LogP contribution in [0.4, 0.5) is 0 Å². The van der Waals surface area contributed by atoms with Crippen LogP contribution in [-0.4, -0.2) is 34.9 Å². The molecule has 1 N–H and O–H groups in total. The van der Waals surface area contributed by atoms with Crippen LogP contribution in [-0.2, 0) is 4.74 Å². The van der Waals surface area contributed by atoms with Gasteiger partial charge in [0.25, 0.3) is 5.91 Å². The van der Waals surface area contributed by atoms with E-state index in [1.54, 1.807) is 0 Å². The van der Waals surface area contributed by atoms with Crippen LogP contribution in [0.1, 0.15) is 30.6 Å². The van der Waals surface area contributed by atoms with E-state index in [0.29, 0.717) is 13.2 Å². The number of halogens is 1. The van der Waals surface area contributed by atoms with Gasteiger partial charge >= 0.3 is 0 Å². The standard InChI is InChI=1S/C9H14ClN3O2S/c1-4-15-9(2,3)5-11-6(14)7-12-13-8(10)16-7/h4-5H2,1-3H3,(H,11,14). The van der Waals surface area contributed by atoms with Crippen molar-refractivity contribution in [2.45, 2.75) is 26.4 Å². The molecule has 0 radical (unpaired) electrons. The number of aromatic nitrogens is 2. The molecule has 16 heavy (non-hydrogen) atoms. The summed E-state index contributed by atoms with van der Waals surface area (Å²) in [5, 5.41) is 10.2. The predicted octanol–water partition coefficient (Wildman–Crippen LogP) is 1.74. The summed E-state index contributed by atoms with van der Waals surface area (Å²) >= 11 is 6.63. The number of amides is 1. The lowest BCUT2D eigenvalue weighted by atomic mass is 10.1. The maximum absolute atomic E-state index is 11.6. The van der Waals surface area contributed by atoms with Crippen LogP contribution in [0.5, 0.6) is 0 Å². The number of hydrogen-bond donors (Lipinski definition) is 1. The molecule has 1 amide bonds. The van der Waals surface area contributed by atoms with Crippen LogP contribution < -0.4 is 5.32 Å². The van der Waals surface area contributed by atoms with Crippen molar-refractivity contribution in [2.75, 3.05) is 13.2 Å². The molecule has 0 saturated carbocycles. The highest BCUT2D eigenvalue weighted by Gasteiger charge is 2.20. The lowest BCUT2D eigenvalue weighted by Crippen LogP contribution is -2.40. The molecule has 0 fully saturated rings. The van der Waals surface area contributed by atoms with Gasteiger partial charge < -0.3 is 10.1 Å². The van der Waals surface area contributed by atoms with Crippen LogP contribution in [0.15, 0.2) is 0 Å². The van der Waals surface area contributed by atoms with Gasteiger partial charge in [-0.05, 0) is 32.4 Å². The summed E-state index contributed by atoms with van der Waals surface area (Å²) in [6.45, 7) is 6.74. The molecular weight excluding hydrogens is 250 g/mol. The molecule has 0 aliphatic heterocycles. The monoisotopic (exact) mass is 263 g/mol. The number of carbonyl (C=O) groups is 1. The highest BCUT2D eigenvalue weighted by atomic mass is 35.5. The molecule has 1 aromatic rings. The fourth-order valence-electron chi connectivity index (χ4n) is 1.11. The third-order valence-corrected chi connectivity index (χ3v) is 2.82. The van der Waals surface area contributed by atoms with Crippen molar-refractivity contribution < 1.29 is 9.53 Å². The Morgan fingerprint density at radius 3 is 2.75 bits per heavy atom. The Kier molecular flexibility index (Phi) is 4.64. The van der Waals surface area contributed by atoms with Crippen LogP contribution in [0.25, 0.3) is 0 Å². The first-order valence-electron chi connectivity index (χ1n) is 4.86. The highest BCUT2D eigenvalue weighted by molar-refractivity contribution is 7.17. The van der Waals surface area contributed by atoms with E-state index in [4.69, 9.17) is 16.3 Å². The molecule has 0 aliphatic rings. The van der Waals surface area contributed by atoms with Gasteiger partial charge in [0, 0.05) is 13.2 Å². The Morgan fingerprint density at radius 1 is 1.56 bits per heavy atom. The fraction of sp³-hybridized carbons (Fsp3) is 0.667. The summed E-state index contributed by atoms with van der Waals surface area (Å²) in [5.41, 5.74) is -0.390. The molecular formula is C9H14ClN3O2S. The molecule has 0 unspecified atom stereocenters. The molecule has 5 nitrogen and oxygen atoms in total. The van der Waals surface area contributed by atoms with Gasteiger partial charge in [-0.25, -0.2) is 0 Å². The number of ether oxygens (including phenoxy) is 1. The lowest BCUT2D eigenvalue weighted by molar-refractivity contribution is -0.00816. The second-order valence-corrected chi connectivity index (χ2v) is 5.30. The molecule has 0 aromatic carbocycles. The van der Waals surface area contributed by atoms with E-state index < -0.39 is 0 Å². The first kappa shape index (κ1) is 13.3. The van der Waals surface area contributed by atoms with E-state index in [2.05, 4.69) is 15.5 Å². The maximum atomic E-state index is 11.6. The summed E-state index contributed by atoms with van der Waals surface area (Å²) in [6, 6.07) is 0. The van der Waals surface area contributed by atoms with E-state index in [-0.39, 0.29) is 21.0 Å². The molecule has 0 saturated heterocycles. The molecule has 7 heteroatoms. The molecule has 0 bridgehead atoms. The third-order valence-electron chi connectivity index (χ3n) is 1.80. The number of nitrogens with one attached hydrogen (secondary N) is 1. The van der Waals surface area contributed by atoms with Gasteiger partial charge in [0.2, 0.25) is 9.47 Å². The summed E-state index contributed by atoms with van der Waals surface area (Å²) in [7, 11) is 0. The molecule has 1 heterocycles. The Labute approximate surface area is 103 Å². The van der Waals surface area contributed by atoms with Crippen molar-refractivity contribution in [1.82, 2.24) is 15.5 Å². The number of hydrogen-bond acceptors (Lipinski definition) is 5. The number of carbonyl (C=O) groups excluding carboxylic acids is 1. The highest BCUT2D eigenvalue weighted by Crippen LogP contribution is 2.15. The summed E-state index contributed by atoms with van der Waals surface area (Å²) in [4.78, 5) is 11.6. The van der Waals surface area contributed by atoms with Crippen molar-refractivity contribution in [3.05, 3.63) is 9.47 Å². The zero-order valence-corrected chi connectivity index (χ0v) is 11.0. The van der Waals surface area contributed by atoms with Crippen LogP contribution in [0.2, 0.25) is 4.47 Å². The SMILES string of the molecule is CCOC(C)(C)CNC(=O)c1nnc(Cl)s1. The van der Waals surface area contributed by atoms with Gasteiger partial charge in [-0.3, -0.25) is 4.79 Å². The zero-order chi connectivity index (χ0) is 12.2. The van der Waals surface area contributed by atoms with E-state index in [1.807, 2.05) is 20.8 Å². The third kappa shape index (κ3) is 4.03. The minimum atomic E-state index is -0.390. The smallest absolute Gasteiger partial charge is 0.282 e. The average molecular weight is 264 g/mol. The van der Waals surface area contributed by atoms with Gasteiger partial charge in [0.05, 0.1) is 5.60 Å². The van der Waals surface area contributed by atoms with Gasteiger partial charge in [-0.15, -0.1) is 10.2 Å². The average Bonchev–Trinajstić information content (AvgIpc) is 2.61. The van der Waals surface area contributed by atoms with Crippen molar-refractivity contribution in [2.24, 2.45) is 0 Å². The molecule has 0 atom stereocenters. The Hall–Kier alpha value is -0.720. The second-order valence-electron chi connectivity index (χ2n) is 3.74. The minimum Gasteiger partial charge on any atom is -0.374 e. The lowest BCUT2D eigenvalue weighted by Gasteiger charge is -2.24. The van der Waals surface area contributed by atoms with Crippen molar-refractivity contribution >= 4 is 28.8 Å². The zero-order valence-electron chi connectivity index (χ0n) is 9.41. The minimum absolute atomic E-state index is 0.259. The Morgan fingerprint density at radius 2 is 2.25 bits per heavy atom. The molecule has 1 rings (SSSR count). The Balaban J connectivity index is 2.47. The summed E-state index contributed by atoms with van der Waals surface area (Å²) in [6.07, 6.45) is 0. The molecule has 1 aromatic heterocycles. The maximum Gasteiger partial charge on any atom is 0.282 e. The van der Waals surface area contributed by atoms with E-state index in [1.165, 1.54) is 0 Å². The normalized spacial score (nSPS) is 11.5. The van der Waals surface area contributed by atoms with Gasteiger partial charge in [0.15, 0.2) is 0 Å². The number of nitrogens with zero attached hydrogens (tertiary/aromatic N) is 2. The first-order valence-corrected chi connectivity index (χ1v) is 6.05. The van der Waals surface area contributed by atoms with E-state index >= 15 is 0 Å². The first-order chi connectivity index (χ1) is 7.44. The molecule has 0 spiro atoms. The van der Waals surface area contributed by atoms with Gasteiger partial charge in [0.1, 0.15) is 0 Å². The van der Waals surface area contributed by atoms with Gasteiger partial charge in [-0.2, -0.15) is 0 Å². The van der Waals surface area contributed by atoms with Crippen LogP contribution >= 0.6 is 22.9 Å². The Bertz CT molecular complexity index is 367. The second kappa shape index (κ2) is 5.56. The van der Waals surface area contributed by atoms with E-state index in [0.717, 1.165) is 11.3 Å². The predicted molar refractivity (Wildman–Crippen MR) is 63.0 cm³/mol. The van der Waals surface area contributed by atoms with Crippen LogP contribution in [0.3, 0.4) is 0 Å². The molecule has 90 valence electrons. The van der Waals surface area contributed by atoms with Crippen molar-refractivity contribution in [3.63, 3.8) is 0 Å². The van der Waals surface area contributed by atoms with Gasteiger partial charge in [-0.1, -0.05) is 11.3 Å². The topological polar surface area (TPSA) is 64.1 Å². The van der Waals surface area contributed by atoms with Crippen molar-refractivity contribution in [3.8, 4) is 0 Å². The molecule has 0 aliphatic carbocycles. The van der Waals surface area contributed by atoms with E-state index in [9.17, 15) is 4.79 Å². The number of rotatable bonds is 5.